The van der Waals surface area contributed by atoms with Gasteiger partial charge in [0.05, 0.1) is 25.5 Å². The monoisotopic (exact) mass is 253 g/mol. The van der Waals surface area contributed by atoms with Gasteiger partial charge in [0.1, 0.15) is 0 Å². The Morgan fingerprint density at radius 3 is 2.88 bits per heavy atom. The van der Waals surface area contributed by atoms with E-state index in [0.717, 1.165) is 31.4 Å². The molecule has 0 N–H and O–H groups in total. The molecule has 0 saturated heterocycles. The third-order valence-electron chi connectivity index (χ3n) is 3.93. The number of esters is 1. The van der Waals surface area contributed by atoms with E-state index in [1.807, 2.05) is 11.8 Å². The summed E-state index contributed by atoms with van der Waals surface area (Å²) in [7, 11) is 1.45. The molecular formula is C13H19NO2S. The summed E-state index contributed by atoms with van der Waals surface area (Å²) >= 11 is 1.91. The number of thioether (sulfide) groups is 1. The Morgan fingerprint density at radius 2 is 2.29 bits per heavy atom. The van der Waals surface area contributed by atoms with Crippen LogP contribution in [0.4, 0.5) is 0 Å². The summed E-state index contributed by atoms with van der Waals surface area (Å²) in [5, 5.41) is 9.52. The number of hydrogen-bond acceptors (Lipinski definition) is 4. The first kappa shape index (κ1) is 12.8. The van der Waals surface area contributed by atoms with Crippen LogP contribution in [0.1, 0.15) is 38.5 Å². The van der Waals surface area contributed by atoms with Crippen molar-refractivity contribution in [2.75, 3.05) is 12.9 Å². The maximum absolute atomic E-state index is 11.3. The van der Waals surface area contributed by atoms with E-state index in [0.29, 0.717) is 11.7 Å². The molecule has 0 amide bonds. The number of nitriles is 1. The summed E-state index contributed by atoms with van der Waals surface area (Å²) in [5.74, 6) is 1.16. The Morgan fingerprint density at radius 1 is 1.53 bits per heavy atom. The van der Waals surface area contributed by atoms with Gasteiger partial charge >= 0.3 is 5.97 Å². The third kappa shape index (κ3) is 3.16. The van der Waals surface area contributed by atoms with Gasteiger partial charge in [0.25, 0.3) is 0 Å². The van der Waals surface area contributed by atoms with Gasteiger partial charge in [0.15, 0.2) is 0 Å². The van der Waals surface area contributed by atoms with Gasteiger partial charge in [-0.15, -0.1) is 0 Å². The largest absolute Gasteiger partial charge is 0.469 e. The average Bonchev–Trinajstić information content (AvgIpc) is 2.94. The Bertz CT molecular complexity index is 333. The van der Waals surface area contributed by atoms with Crippen molar-refractivity contribution in [1.29, 1.82) is 5.26 Å². The van der Waals surface area contributed by atoms with Crippen LogP contribution in [0.15, 0.2) is 0 Å². The topological polar surface area (TPSA) is 50.1 Å². The summed E-state index contributed by atoms with van der Waals surface area (Å²) in [4.78, 5) is 11.3. The predicted molar refractivity (Wildman–Crippen MR) is 67.5 cm³/mol. The number of ether oxygens (including phenoxy) is 1. The highest BCUT2D eigenvalue weighted by Gasteiger charge is 2.45. The van der Waals surface area contributed by atoms with Crippen molar-refractivity contribution in [1.82, 2.24) is 0 Å². The van der Waals surface area contributed by atoms with Crippen molar-refractivity contribution in [3.8, 4) is 6.07 Å². The minimum Gasteiger partial charge on any atom is -0.469 e. The first-order chi connectivity index (χ1) is 8.19. The van der Waals surface area contributed by atoms with Gasteiger partial charge in [-0.05, 0) is 36.9 Å². The fourth-order valence-corrected chi connectivity index (χ4v) is 4.21. The van der Waals surface area contributed by atoms with E-state index in [-0.39, 0.29) is 17.3 Å². The number of nitrogens with zero attached hydrogens (tertiary/aromatic N) is 1. The quantitative estimate of drug-likeness (QED) is 0.707. The fraction of sp³-hybridized carbons (Fsp3) is 0.846. The van der Waals surface area contributed by atoms with Crippen LogP contribution < -0.4 is 0 Å². The van der Waals surface area contributed by atoms with E-state index >= 15 is 0 Å². The maximum atomic E-state index is 11.3. The standard InChI is InChI=1S/C13H19NO2S/c1-16-12(15)7-13(5-6-13)9-17-11-4-2-3-10(11)8-14/h10-11H,2-7,9H2,1H3. The second-order valence-corrected chi connectivity index (χ2v) is 6.50. The highest BCUT2D eigenvalue weighted by atomic mass is 32.2. The summed E-state index contributed by atoms with van der Waals surface area (Å²) < 4.78 is 4.74. The molecule has 0 heterocycles. The van der Waals surface area contributed by atoms with Gasteiger partial charge in [-0.1, -0.05) is 6.42 Å². The smallest absolute Gasteiger partial charge is 0.306 e. The maximum Gasteiger partial charge on any atom is 0.306 e. The molecule has 2 rings (SSSR count). The highest BCUT2D eigenvalue weighted by Crippen LogP contribution is 2.53. The molecule has 2 fully saturated rings. The number of methoxy groups -OCH3 is 1. The van der Waals surface area contributed by atoms with E-state index in [1.54, 1.807) is 0 Å². The van der Waals surface area contributed by atoms with Crippen molar-refractivity contribution in [2.24, 2.45) is 11.3 Å². The average molecular weight is 253 g/mol. The molecule has 2 atom stereocenters. The molecule has 94 valence electrons. The van der Waals surface area contributed by atoms with E-state index in [9.17, 15) is 4.79 Å². The second-order valence-electron chi connectivity index (χ2n) is 5.27. The Labute approximate surface area is 107 Å². The van der Waals surface area contributed by atoms with E-state index in [2.05, 4.69) is 6.07 Å². The number of carbonyl (C=O) groups excluding carboxylic acids is 1. The van der Waals surface area contributed by atoms with Crippen molar-refractivity contribution in [3.05, 3.63) is 0 Å². The SMILES string of the molecule is COC(=O)CC1(CSC2CCCC2C#N)CC1. The molecule has 0 aromatic heterocycles. The molecule has 4 heteroatoms. The van der Waals surface area contributed by atoms with Crippen LogP contribution in [0.3, 0.4) is 0 Å². The lowest BCUT2D eigenvalue weighted by Crippen LogP contribution is -2.16. The van der Waals surface area contributed by atoms with Crippen LogP contribution in [0.5, 0.6) is 0 Å². The minimum atomic E-state index is -0.0913. The summed E-state index contributed by atoms with van der Waals surface area (Å²) in [6.45, 7) is 0. The van der Waals surface area contributed by atoms with Crippen molar-refractivity contribution < 1.29 is 9.53 Å². The molecule has 0 bridgehead atoms. The van der Waals surface area contributed by atoms with Gasteiger partial charge in [-0.3, -0.25) is 4.79 Å². The molecule has 0 aromatic carbocycles. The molecule has 3 nitrogen and oxygen atoms in total. The summed E-state index contributed by atoms with van der Waals surface area (Å²) in [5.41, 5.74) is 0.195. The van der Waals surface area contributed by atoms with Crippen LogP contribution in [-0.2, 0) is 9.53 Å². The normalized spacial score (nSPS) is 29.6. The molecule has 2 aliphatic carbocycles. The summed E-state index contributed by atoms with van der Waals surface area (Å²) in [6.07, 6.45) is 6.23. The van der Waals surface area contributed by atoms with Gasteiger partial charge in [-0.2, -0.15) is 17.0 Å². The minimum absolute atomic E-state index is 0.0913. The molecular weight excluding hydrogens is 234 g/mol. The first-order valence-electron chi connectivity index (χ1n) is 6.27. The van der Waals surface area contributed by atoms with Crippen molar-refractivity contribution in [3.63, 3.8) is 0 Å². The van der Waals surface area contributed by atoms with E-state index in [1.165, 1.54) is 13.5 Å². The molecule has 0 aliphatic heterocycles. The molecule has 17 heavy (non-hydrogen) atoms. The third-order valence-corrected chi connectivity index (χ3v) is 5.70. The Kier molecular flexibility index (Phi) is 3.98. The molecule has 0 spiro atoms. The molecule has 2 saturated carbocycles. The molecule has 0 radical (unpaired) electrons. The van der Waals surface area contributed by atoms with E-state index in [4.69, 9.17) is 10.00 Å². The number of hydrogen-bond donors (Lipinski definition) is 0. The first-order valence-corrected chi connectivity index (χ1v) is 7.32. The zero-order valence-corrected chi connectivity index (χ0v) is 11.1. The molecule has 2 aliphatic rings. The van der Waals surface area contributed by atoms with Gasteiger partial charge in [0.2, 0.25) is 0 Å². The van der Waals surface area contributed by atoms with Gasteiger partial charge in [0, 0.05) is 5.25 Å². The number of rotatable bonds is 5. The Hall–Kier alpha value is -0.690. The van der Waals surface area contributed by atoms with Crippen LogP contribution in [0.2, 0.25) is 0 Å². The molecule has 2 unspecified atom stereocenters. The highest BCUT2D eigenvalue weighted by molar-refractivity contribution is 8.00. The van der Waals surface area contributed by atoms with Crippen LogP contribution in [-0.4, -0.2) is 24.1 Å². The zero-order valence-electron chi connectivity index (χ0n) is 10.3. The fourth-order valence-electron chi connectivity index (χ4n) is 2.48. The van der Waals surface area contributed by atoms with Gasteiger partial charge < -0.3 is 4.74 Å². The van der Waals surface area contributed by atoms with Crippen LogP contribution in [0, 0.1) is 22.7 Å². The lowest BCUT2D eigenvalue weighted by atomic mass is 10.1. The second kappa shape index (κ2) is 5.30. The van der Waals surface area contributed by atoms with Crippen molar-refractivity contribution >= 4 is 17.7 Å². The van der Waals surface area contributed by atoms with Crippen LogP contribution >= 0.6 is 11.8 Å². The number of carbonyl (C=O) groups is 1. The van der Waals surface area contributed by atoms with Crippen LogP contribution in [0.25, 0.3) is 0 Å². The van der Waals surface area contributed by atoms with Crippen molar-refractivity contribution in [2.45, 2.75) is 43.8 Å². The zero-order chi connectivity index (χ0) is 12.3. The summed E-state index contributed by atoms with van der Waals surface area (Å²) in [6, 6.07) is 2.41. The van der Waals surface area contributed by atoms with Gasteiger partial charge in [-0.25, -0.2) is 0 Å². The lowest BCUT2D eigenvalue weighted by Gasteiger charge is -2.18. The van der Waals surface area contributed by atoms with E-state index < -0.39 is 0 Å². The predicted octanol–water partition coefficient (Wildman–Crippen LogP) is 2.76. The Balaban J connectivity index is 1.78. The lowest BCUT2D eigenvalue weighted by molar-refractivity contribution is -0.141. The molecule has 0 aromatic rings.